The van der Waals surface area contributed by atoms with Crippen LogP contribution >= 0.6 is 11.5 Å². The molecule has 1 N–H and O–H groups in total. The molecule has 2 saturated heterocycles. The molecule has 5 rings (SSSR count). The van der Waals surface area contributed by atoms with Gasteiger partial charge in [-0.15, -0.1) is 0 Å². The van der Waals surface area contributed by atoms with Gasteiger partial charge in [-0.1, -0.05) is 18.2 Å². The van der Waals surface area contributed by atoms with Gasteiger partial charge in [-0.3, -0.25) is 4.79 Å². The van der Waals surface area contributed by atoms with Gasteiger partial charge in [0.1, 0.15) is 0 Å². The van der Waals surface area contributed by atoms with E-state index in [4.69, 9.17) is 4.74 Å². The van der Waals surface area contributed by atoms with Gasteiger partial charge in [0.05, 0.1) is 36.2 Å². The second-order valence-electron chi connectivity index (χ2n) is 7.45. The number of nitrogens with zero attached hydrogens (tertiary/aromatic N) is 3. The molecule has 0 radical (unpaired) electrons. The molecular formula is C20H22N4O2S. The lowest BCUT2D eigenvalue weighted by molar-refractivity contribution is -0.000532. The molecule has 3 atom stereocenters. The molecule has 0 aliphatic carbocycles. The van der Waals surface area contributed by atoms with Crippen LogP contribution in [0, 0.1) is 0 Å². The number of morpholine rings is 1. The van der Waals surface area contributed by atoms with Crippen molar-refractivity contribution in [2.24, 2.45) is 0 Å². The zero-order valence-electron chi connectivity index (χ0n) is 15.2. The van der Waals surface area contributed by atoms with Gasteiger partial charge < -0.3 is 19.5 Å². The molecule has 2 fully saturated rings. The Morgan fingerprint density at radius 2 is 2.07 bits per heavy atom. The van der Waals surface area contributed by atoms with Gasteiger partial charge in [0.2, 0.25) is 0 Å². The van der Waals surface area contributed by atoms with E-state index in [1.165, 1.54) is 11.5 Å². The maximum Gasteiger partial charge on any atom is 0.256 e. The Kier molecular flexibility index (Phi) is 4.22. The smallest absolute Gasteiger partial charge is 0.256 e. The number of hydrogen-bond acceptors (Lipinski definition) is 5. The van der Waals surface area contributed by atoms with Crippen molar-refractivity contribution < 1.29 is 9.53 Å². The first kappa shape index (κ1) is 16.9. The highest BCUT2D eigenvalue weighted by Crippen LogP contribution is 2.28. The van der Waals surface area contributed by atoms with Crippen molar-refractivity contribution in [1.29, 1.82) is 0 Å². The standard InChI is InChI=1S/C20H22N4O2S/c1-23(15-6-13-10-26-11-14(7-15)22-13)20(25)18-9-24(16-8-21-27-12-16)19-5-3-2-4-17(18)19/h2-5,8-9,12-15,22H,6-7,10-11H2,1H3/t13-,14+,15-. The molecule has 3 aromatic rings. The molecule has 140 valence electrons. The number of fused-ring (bicyclic) bond motifs is 3. The average Bonchev–Trinajstić information content (AvgIpc) is 3.34. The van der Waals surface area contributed by atoms with Gasteiger partial charge in [-0.05, 0) is 30.4 Å². The number of carbonyl (C=O) groups excluding carboxylic acids is 1. The maximum atomic E-state index is 13.4. The Morgan fingerprint density at radius 1 is 1.30 bits per heavy atom. The summed E-state index contributed by atoms with van der Waals surface area (Å²) in [7, 11) is 1.94. The Balaban J connectivity index is 1.49. The largest absolute Gasteiger partial charge is 0.378 e. The molecule has 1 amide bonds. The predicted molar refractivity (Wildman–Crippen MR) is 106 cm³/mol. The van der Waals surface area contributed by atoms with Crippen LogP contribution in [0.1, 0.15) is 23.2 Å². The van der Waals surface area contributed by atoms with Crippen molar-refractivity contribution >= 4 is 28.3 Å². The Morgan fingerprint density at radius 3 is 2.81 bits per heavy atom. The molecule has 6 nitrogen and oxygen atoms in total. The molecule has 2 aliphatic heterocycles. The minimum Gasteiger partial charge on any atom is -0.378 e. The zero-order valence-corrected chi connectivity index (χ0v) is 16.0. The van der Waals surface area contributed by atoms with Crippen LogP contribution in [0.25, 0.3) is 16.6 Å². The number of piperidine rings is 1. The summed E-state index contributed by atoms with van der Waals surface area (Å²) in [6.45, 7) is 1.47. The Hall–Kier alpha value is -2.22. The van der Waals surface area contributed by atoms with E-state index in [-0.39, 0.29) is 11.9 Å². The highest BCUT2D eigenvalue weighted by atomic mass is 32.1. The number of aromatic nitrogens is 2. The number of nitrogens with one attached hydrogen (secondary N) is 1. The predicted octanol–water partition coefficient (Wildman–Crippen LogP) is 2.68. The average molecular weight is 382 g/mol. The number of benzene rings is 1. The summed E-state index contributed by atoms with van der Waals surface area (Å²) in [5, 5.41) is 6.58. The maximum absolute atomic E-state index is 13.4. The summed E-state index contributed by atoms with van der Waals surface area (Å²) in [4.78, 5) is 15.3. The minimum atomic E-state index is 0.0824. The fraction of sp³-hybridized carbons (Fsp3) is 0.400. The highest BCUT2D eigenvalue weighted by molar-refractivity contribution is 7.03. The van der Waals surface area contributed by atoms with Crippen LogP contribution < -0.4 is 5.32 Å². The minimum absolute atomic E-state index is 0.0824. The summed E-state index contributed by atoms with van der Waals surface area (Å²) < 4.78 is 11.9. The van der Waals surface area contributed by atoms with E-state index in [0.29, 0.717) is 12.1 Å². The summed E-state index contributed by atoms with van der Waals surface area (Å²) in [6, 6.07) is 8.99. The van der Waals surface area contributed by atoms with Crippen LogP contribution in [0.5, 0.6) is 0 Å². The van der Waals surface area contributed by atoms with E-state index in [0.717, 1.165) is 48.2 Å². The van der Waals surface area contributed by atoms with E-state index < -0.39 is 0 Å². The Labute approximate surface area is 161 Å². The number of para-hydroxylation sites is 1. The van der Waals surface area contributed by atoms with Crippen molar-refractivity contribution in [3.05, 3.63) is 47.6 Å². The van der Waals surface area contributed by atoms with Crippen LogP contribution in [0.4, 0.5) is 0 Å². The molecule has 4 heterocycles. The summed E-state index contributed by atoms with van der Waals surface area (Å²) in [5.74, 6) is 0.0824. The topological polar surface area (TPSA) is 59.4 Å². The number of rotatable bonds is 3. The molecule has 0 unspecified atom stereocenters. The molecule has 2 bridgehead atoms. The van der Waals surface area contributed by atoms with Gasteiger partial charge in [0.15, 0.2) is 0 Å². The second kappa shape index (κ2) is 6.74. The van der Waals surface area contributed by atoms with Crippen molar-refractivity contribution in [1.82, 2.24) is 19.2 Å². The molecule has 27 heavy (non-hydrogen) atoms. The fourth-order valence-corrected chi connectivity index (χ4v) is 4.87. The van der Waals surface area contributed by atoms with Gasteiger partial charge in [0, 0.05) is 42.1 Å². The van der Waals surface area contributed by atoms with Gasteiger partial charge in [0.25, 0.3) is 5.91 Å². The third-order valence-corrected chi connectivity index (χ3v) is 6.30. The lowest BCUT2D eigenvalue weighted by Gasteiger charge is -2.43. The number of hydrogen-bond donors (Lipinski definition) is 1. The van der Waals surface area contributed by atoms with E-state index in [1.54, 1.807) is 0 Å². The molecule has 0 saturated carbocycles. The van der Waals surface area contributed by atoms with Crippen molar-refractivity contribution in [2.75, 3.05) is 20.3 Å². The Bertz CT molecular complexity index is 956. The van der Waals surface area contributed by atoms with E-state index in [9.17, 15) is 4.79 Å². The van der Waals surface area contributed by atoms with Gasteiger partial charge in [-0.25, -0.2) is 0 Å². The highest BCUT2D eigenvalue weighted by Gasteiger charge is 2.35. The lowest BCUT2D eigenvalue weighted by atomic mass is 9.91. The third kappa shape index (κ3) is 2.96. The van der Waals surface area contributed by atoms with Crippen molar-refractivity contribution in [3.63, 3.8) is 0 Å². The van der Waals surface area contributed by atoms with Crippen LogP contribution in [-0.2, 0) is 4.74 Å². The second-order valence-corrected chi connectivity index (χ2v) is 8.11. The third-order valence-electron chi connectivity index (χ3n) is 5.73. The quantitative estimate of drug-likeness (QED) is 0.757. The molecular weight excluding hydrogens is 360 g/mol. The van der Waals surface area contributed by atoms with Crippen LogP contribution in [0.3, 0.4) is 0 Å². The van der Waals surface area contributed by atoms with Gasteiger partial charge >= 0.3 is 0 Å². The van der Waals surface area contributed by atoms with E-state index >= 15 is 0 Å². The number of ether oxygens (including phenoxy) is 1. The normalized spacial score (nSPS) is 24.9. The van der Waals surface area contributed by atoms with Crippen LogP contribution in [-0.4, -0.2) is 58.1 Å². The molecule has 2 aromatic heterocycles. The zero-order chi connectivity index (χ0) is 18.4. The number of carbonyl (C=O) groups is 1. The first-order valence-electron chi connectivity index (χ1n) is 9.31. The van der Waals surface area contributed by atoms with E-state index in [1.807, 2.05) is 47.9 Å². The molecule has 7 heteroatoms. The summed E-state index contributed by atoms with van der Waals surface area (Å²) >= 11 is 1.41. The summed E-state index contributed by atoms with van der Waals surface area (Å²) in [6.07, 6.45) is 5.67. The first-order chi connectivity index (χ1) is 13.2. The fourth-order valence-electron chi connectivity index (χ4n) is 4.36. The van der Waals surface area contributed by atoms with Crippen molar-refractivity contribution in [2.45, 2.75) is 31.0 Å². The number of amides is 1. The molecule has 1 aromatic carbocycles. The van der Waals surface area contributed by atoms with Crippen LogP contribution in [0.15, 0.2) is 42.0 Å². The van der Waals surface area contributed by atoms with Gasteiger partial charge in [-0.2, -0.15) is 4.37 Å². The lowest BCUT2D eigenvalue weighted by Crippen LogP contribution is -2.58. The SMILES string of the molecule is CN(C(=O)c1cn(-c2cnsc2)c2ccccc12)[C@H]1C[C@H]2COC[C@@H](C1)N2. The first-order valence-corrected chi connectivity index (χ1v) is 10.1. The molecule has 0 spiro atoms. The van der Waals surface area contributed by atoms with Crippen LogP contribution in [0.2, 0.25) is 0 Å². The monoisotopic (exact) mass is 382 g/mol. The molecule has 2 aliphatic rings. The summed E-state index contributed by atoms with van der Waals surface area (Å²) in [5.41, 5.74) is 2.77. The van der Waals surface area contributed by atoms with Crippen molar-refractivity contribution in [3.8, 4) is 5.69 Å². The van der Waals surface area contributed by atoms with E-state index in [2.05, 4.69) is 20.3 Å².